The normalized spacial score (nSPS) is 18.0. The molecule has 2 heterocycles. The van der Waals surface area contributed by atoms with Crippen molar-refractivity contribution in [3.63, 3.8) is 0 Å². The molecule has 158 valence electrons. The summed E-state index contributed by atoms with van der Waals surface area (Å²) in [4.78, 5) is 27.3. The van der Waals surface area contributed by atoms with Crippen LogP contribution in [-0.2, 0) is 16.1 Å². The predicted molar refractivity (Wildman–Crippen MR) is 116 cm³/mol. The maximum Gasteiger partial charge on any atom is 0.296 e. The molecule has 3 aromatic rings. The van der Waals surface area contributed by atoms with E-state index < -0.39 is 17.7 Å². The van der Waals surface area contributed by atoms with Gasteiger partial charge in [-0.05, 0) is 60.9 Å². The monoisotopic (exact) mass is 437 g/mol. The highest BCUT2D eigenvalue weighted by Crippen LogP contribution is 2.42. The van der Waals surface area contributed by atoms with Gasteiger partial charge in [0.05, 0.1) is 29.4 Å². The highest BCUT2D eigenvalue weighted by atomic mass is 35.5. The lowest BCUT2D eigenvalue weighted by atomic mass is 9.94. The Bertz CT molecular complexity index is 1210. The molecule has 4 rings (SSSR count). The molecule has 2 N–H and O–H groups in total. The summed E-state index contributed by atoms with van der Waals surface area (Å²) in [7, 11) is 0. The molecule has 1 aliphatic rings. The van der Waals surface area contributed by atoms with Crippen LogP contribution in [0.25, 0.3) is 5.76 Å². The standard InChI is InChI=1S/C24H20ClNO5/c1-13-5-6-16(10-14(13)2)22(28)20-21(15-7-8-19(27)18(25)11-15)26(24(30)23(20)29)12-17-4-3-9-31-17/h3-11,21,27-28H,12H2,1-2H3/b22-20-. The molecule has 1 aliphatic heterocycles. The van der Waals surface area contributed by atoms with E-state index in [0.29, 0.717) is 16.9 Å². The molecule has 7 heteroatoms. The van der Waals surface area contributed by atoms with Gasteiger partial charge >= 0.3 is 0 Å². The fourth-order valence-corrected chi connectivity index (χ4v) is 3.89. The van der Waals surface area contributed by atoms with E-state index in [9.17, 15) is 19.8 Å². The summed E-state index contributed by atoms with van der Waals surface area (Å²) < 4.78 is 5.37. The van der Waals surface area contributed by atoms with Crippen molar-refractivity contribution in [1.82, 2.24) is 4.90 Å². The number of hydrogen-bond donors (Lipinski definition) is 2. The maximum absolute atomic E-state index is 13.0. The number of aliphatic hydroxyl groups is 1. The van der Waals surface area contributed by atoms with Gasteiger partial charge in [0.25, 0.3) is 11.7 Å². The van der Waals surface area contributed by atoms with Crippen LogP contribution < -0.4 is 0 Å². The van der Waals surface area contributed by atoms with Gasteiger partial charge in [0.2, 0.25) is 0 Å². The van der Waals surface area contributed by atoms with Crippen molar-refractivity contribution in [1.29, 1.82) is 0 Å². The molecular formula is C24H20ClNO5. The van der Waals surface area contributed by atoms with Gasteiger partial charge in [-0.1, -0.05) is 29.8 Å². The van der Waals surface area contributed by atoms with Crippen LogP contribution in [0.3, 0.4) is 0 Å². The Balaban J connectivity index is 1.90. The van der Waals surface area contributed by atoms with Crippen molar-refractivity contribution >= 4 is 29.1 Å². The number of benzene rings is 2. The van der Waals surface area contributed by atoms with Crippen LogP contribution in [0.1, 0.15) is 34.1 Å². The lowest BCUT2D eigenvalue weighted by Gasteiger charge is -2.24. The quantitative estimate of drug-likeness (QED) is 0.345. The highest BCUT2D eigenvalue weighted by Gasteiger charge is 2.46. The number of ketones is 1. The number of aliphatic hydroxyl groups excluding tert-OH is 1. The summed E-state index contributed by atoms with van der Waals surface area (Å²) in [6.07, 6.45) is 1.48. The minimum absolute atomic E-state index is 0.0322. The summed E-state index contributed by atoms with van der Waals surface area (Å²) in [5, 5.41) is 21.0. The molecule has 0 radical (unpaired) electrons. The van der Waals surface area contributed by atoms with Crippen LogP contribution in [0.5, 0.6) is 5.75 Å². The second-order valence-electron chi connectivity index (χ2n) is 7.52. The van der Waals surface area contributed by atoms with Crippen molar-refractivity contribution < 1.29 is 24.2 Å². The number of aryl methyl sites for hydroxylation is 2. The number of Topliss-reactive ketones (excluding diaryl/α,β-unsaturated/α-hetero) is 1. The first-order valence-electron chi connectivity index (χ1n) is 9.64. The van der Waals surface area contributed by atoms with E-state index in [4.69, 9.17) is 16.0 Å². The third-order valence-electron chi connectivity index (χ3n) is 5.51. The molecule has 0 spiro atoms. The Kier molecular flexibility index (Phi) is 5.33. The number of phenolic OH excluding ortho intramolecular Hbond substituents is 1. The summed E-state index contributed by atoms with van der Waals surface area (Å²) in [5.41, 5.74) is 2.87. The number of halogens is 1. The van der Waals surface area contributed by atoms with Gasteiger partial charge in [-0.15, -0.1) is 0 Å². The van der Waals surface area contributed by atoms with E-state index in [2.05, 4.69) is 0 Å². The zero-order valence-corrected chi connectivity index (χ0v) is 17.7. The number of phenols is 1. The first kappa shape index (κ1) is 20.8. The second-order valence-corrected chi connectivity index (χ2v) is 7.92. The van der Waals surface area contributed by atoms with Gasteiger partial charge in [0.15, 0.2) is 0 Å². The van der Waals surface area contributed by atoms with Crippen LogP contribution in [-0.4, -0.2) is 26.8 Å². The van der Waals surface area contributed by atoms with E-state index in [1.54, 1.807) is 30.3 Å². The van der Waals surface area contributed by atoms with Crippen molar-refractivity contribution in [3.05, 3.63) is 93.4 Å². The first-order chi connectivity index (χ1) is 14.8. The van der Waals surface area contributed by atoms with Crippen LogP contribution in [0.15, 0.2) is 64.8 Å². The molecule has 31 heavy (non-hydrogen) atoms. The number of carbonyl (C=O) groups excluding carboxylic acids is 2. The third kappa shape index (κ3) is 3.70. The molecule has 6 nitrogen and oxygen atoms in total. The molecule has 1 fully saturated rings. The number of carbonyl (C=O) groups is 2. The highest BCUT2D eigenvalue weighted by molar-refractivity contribution is 6.46. The predicted octanol–water partition coefficient (Wildman–Crippen LogP) is 4.88. The Morgan fingerprint density at radius 3 is 2.52 bits per heavy atom. The zero-order chi connectivity index (χ0) is 22.3. The molecule has 1 aromatic heterocycles. The summed E-state index contributed by atoms with van der Waals surface area (Å²) >= 11 is 6.10. The molecule has 2 aromatic carbocycles. The van der Waals surface area contributed by atoms with E-state index in [1.165, 1.54) is 23.3 Å². The molecular weight excluding hydrogens is 418 g/mol. The Morgan fingerprint density at radius 2 is 1.87 bits per heavy atom. The van der Waals surface area contributed by atoms with E-state index in [1.807, 2.05) is 19.9 Å². The van der Waals surface area contributed by atoms with Gasteiger partial charge in [0.1, 0.15) is 17.3 Å². The Morgan fingerprint density at radius 1 is 1.10 bits per heavy atom. The average molecular weight is 438 g/mol. The topological polar surface area (TPSA) is 91.0 Å². The lowest BCUT2D eigenvalue weighted by Crippen LogP contribution is -2.29. The van der Waals surface area contributed by atoms with Crippen molar-refractivity contribution in [2.45, 2.75) is 26.4 Å². The largest absolute Gasteiger partial charge is 0.507 e. The van der Waals surface area contributed by atoms with Crippen LogP contribution >= 0.6 is 11.6 Å². The van der Waals surface area contributed by atoms with E-state index >= 15 is 0 Å². The van der Waals surface area contributed by atoms with Crippen LogP contribution in [0.2, 0.25) is 5.02 Å². The molecule has 1 unspecified atom stereocenters. The molecule has 0 aliphatic carbocycles. The number of nitrogens with zero attached hydrogens (tertiary/aromatic N) is 1. The van der Waals surface area contributed by atoms with Gasteiger partial charge in [0, 0.05) is 5.56 Å². The SMILES string of the molecule is Cc1ccc(/C(O)=C2/C(=O)C(=O)N(Cc3ccco3)C2c2ccc(O)c(Cl)c2)cc1C. The Hall–Kier alpha value is -3.51. The lowest BCUT2D eigenvalue weighted by molar-refractivity contribution is -0.140. The maximum atomic E-state index is 13.0. The number of aromatic hydroxyl groups is 1. The fraction of sp³-hybridized carbons (Fsp3) is 0.167. The first-order valence-corrected chi connectivity index (χ1v) is 10.0. The Labute approximate surface area is 184 Å². The minimum Gasteiger partial charge on any atom is -0.507 e. The molecule has 1 atom stereocenters. The van der Waals surface area contributed by atoms with Gasteiger partial charge in [-0.25, -0.2) is 0 Å². The number of rotatable bonds is 4. The molecule has 1 amide bonds. The molecule has 0 bridgehead atoms. The van der Waals surface area contributed by atoms with E-state index in [-0.39, 0.29) is 28.6 Å². The van der Waals surface area contributed by atoms with Crippen LogP contribution in [0.4, 0.5) is 0 Å². The third-order valence-corrected chi connectivity index (χ3v) is 5.82. The summed E-state index contributed by atoms with van der Waals surface area (Å²) in [5.74, 6) is -1.45. The number of likely N-dealkylation sites (tertiary alicyclic amines) is 1. The van der Waals surface area contributed by atoms with Gasteiger partial charge < -0.3 is 19.5 Å². The minimum atomic E-state index is -0.898. The second kappa shape index (κ2) is 7.96. The van der Waals surface area contributed by atoms with Gasteiger partial charge in [-0.3, -0.25) is 9.59 Å². The zero-order valence-electron chi connectivity index (χ0n) is 16.9. The average Bonchev–Trinajstić information content (AvgIpc) is 3.34. The number of amides is 1. The van der Waals surface area contributed by atoms with Crippen LogP contribution in [0, 0.1) is 13.8 Å². The number of hydrogen-bond acceptors (Lipinski definition) is 5. The molecule has 1 saturated heterocycles. The molecule has 0 saturated carbocycles. The number of furan rings is 1. The van der Waals surface area contributed by atoms with Crippen molar-refractivity contribution in [3.8, 4) is 5.75 Å². The smallest absolute Gasteiger partial charge is 0.296 e. The van der Waals surface area contributed by atoms with Gasteiger partial charge in [-0.2, -0.15) is 0 Å². The summed E-state index contributed by atoms with van der Waals surface area (Å²) in [6.45, 7) is 3.88. The fourth-order valence-electron chi connectivity index (χ4n) is 3.70. The van der Waals surface area contributed by atoms with E-state index in [0.717, 1.165) is 11.1 Å². The van der Waals surface area contributed by atoms with Crippen molar-refractivity contribution in [2.75, 3.05) is 0 Å². The summed E-state index contributed by atoms with van der Waals surface area (Å²) in [6, 6.07) is 12.2. The van der Waals surface area contributed by atoms with Crippen molar-refractivity contribution in [2.24, 2.45) is 0 Å².